The lowest BCUT2D eigenvalue weighted by atomic mass is 9.92. The number of unbranched alkanes of at least 4 members (excludes halogenated alkanes) is 16. The summed E-state index contributed by atoms with van der Waals surface area (Å²) in [6, 6.07) is -2.71. The number of nitrogens with one attached hydrogen (secondary N) is 7. The predicted octanol–water partition coefficient (Wildman–Crippen LogP) is 7.24. The number of carboxylic acid groups (broad SMARTS) is 3. The smallest absolute Gasteiger partial charge is 0.326 e. The van der Waals surface area contributed by atoms with E-state index in [0.29, 0.717) is 77.4 Å². The quantitative estimate of drug-likeness (QED) is 0.0213. The average molecular weight is 1040 g/mol. The van der Waals surface area contributed by atoms with Crippen molar-refractivity contribution >= 4 is 63.0 Å². The number of carboxylic acids is 3. The van der Waals surface area contributed by atoms with Gasteiger partial charge in [-0.3, -0.25) is 28.8 Å². The van der Waals surface area contributed by atoms with Crippen LogP contribution in [-0.4, -0.2) is 136 Å². The number of hydrogen-bond donors (Lipinski definition) is 10. The number of aliphatic carboxylic acids is 3. The Kier molecular flexibility index (Phi) is 62.8. The van der Waals surface area contributed by atoms with Crippen molar-refractivity contribution < 1.29 is 53.7 Å². The van der Waals surface area contributed by atoms with Gasteiger partial charge in [0.25, 0.3) is 0 Å². The maximum absolute atomic E-state index is 12.7. The third kappa shape index (κ3) is 54.1. The zero-order valence-corrected chi connectivity index (χ0v) is 47.4. The van der Waals surface area contributed by atoms with Gasteiger partial charge in [0.05, 0.1) is 23.8 Å². The van der Waals surface area contributed by atoms with Gasteiger partial charge >= 0.3 is 17.9 Å². The molecule has 0 aliphatic carbocycles. The number of rotatable bonds is 44. The maximum atomic E-state index is 12.7. The Hall–Kier alpha value is -4.03. The zero-order valence-electron chi connectivity index (χ0n) is 47.4. The second-order valence-corrected chi connectivity index (χ2v) is 17.6. The molecule has 18 nitrogen and oxygen atoms in total. The van der Waals surface area contributed by atoms with Gasteiger partial charge in [0.1, 0.15) is 6.04 Å². The Balaban J connectivity index is -0.00000116. The Morgan fingerprint density at radius 1 is 0.411 bits per heavy atom. The van der Waals surface area contributed by atoms with E-state index in [0.717, 1.165) is 44.9 Å². The third-order valence-electron chi connectivity index (χ3n) is 11.4. The van der Waals surface area contributed by atoms with Gasteiger partial charge in [-0.1, -0.05) is 132 Å². The van der Waals surface area contributed by atoms with E-state index in [-0.39, 0.29) is 67.0 Å². The summed E-state index contributed by atoms with van der Waals surface area (Å²) in [4.78, 5) is 93.2. The largest absolute Gasteiger partial charge is 0.481 e. The summed E-state index contributed by atoms with van der Waals surface area (Å²) in [6.45, 7) is 16.8. The molecule has 10 N–H and O–H groups in total. The molecule has 0 spiro atoms. The highest BCUT2D eigenvalue weighted by Crippen LogP contribution is 2.14. The van der Waals surface area contributed by atoms with Gasteiger partial charge in [0, 0.05) is 44.8 Å². The van der Waals surface area contributed by atoms with Crippen molar-refractivity contribution in [1.29, 1.82) is 0 Å². The predicted molar refractivity (Wildman–Crippen MR) is 297 cm³/mol. The van der Waals surface area contributed by atoms with Gasteiger partial charge in [0.2, 0.25) is 23.6 Å². The molecule has 0 aromatic heterocycles. The van der Waals surface area contributed by atoms with Crippen LogP contribution >= 0.6 is 0 Å². The highest BCUT2D eigenvalue weighted by Gasteiger charge is 2.22. The van der Waals surface area contributed by atoms with Crippen LogP contribution in [0.3, 0.4) is 0 Å². The molecule has 4 amide bonds. The van der Waals surface area contributed by atoms with Crippen LogP contribution in [0.4, 0.5) is 0 Å². The first-order valence-electron chi connectivity index (χ1n) is 27.9. The summed E-state index contributed by atoms with van der Waals surface area (Å²) in [5, 5.41) is 46.7. The summed E-state index contributed by atoms with van der Waals surface area (Å²) in [5.74, 6) is -3.77. The molecule has 0 rings (SSSR count). The molecule has 0 saturated carbocycles. The molecular weight excluding hydrogens is 932 g/mol. The standard InChI is InChI=1S/C43H80BN7O10.C4H7BO.3C2H6/c1-45-33(40(56)48-31-21-18-24-34(46-2)41(57)49-32-22-19-25-36(51-44)43(60)61)23-17-20-30-47-37(52)29-28-35(42(58)59)50-38(53)26-15-13-11-9-7-5-3-4-6-8-10-12-14-16-27-39(54)55;1-3(2)4(5)6;3*1-2/h33-36,45-46,51H,3-32H2,1-2H3,(H,47,52)(H,48,56)(H,49,57)(H,50,53)(H,54,55)(H,58,59)(H,60,61);3H,1-2H3;3*1-2H3/t33-,34?,35?,36?;;;;/m0..../s1. The van der Waals surface area contributed by atoms with Crippen molar-refractivity contribution in [3.05, 3.63) is 0 Å². The van der Waals surface area contributed by atoms with Gasteiger partial charge in [-0.15, -0.1) is 0 Å². The molecule has 20 heteroatoms. The maximum Gasteiger partial charge on any atom is 0.326 e. The first-order chi connectivity index (χ1) is 35.0. The van der Waals surface area contributed by atoms with Gasteiger partial charge in [-0.25, -0.2) is 4.79 Å². The molecule has 0 aromatic rings. The van der Waals surface area contributed by atoms with Crippen LogP contribution in [0, 0.1) is 5.92 Å². The molecule has 3 unspecified atom stereocenters. The van der Waals surface area contributed by atoms with E-state index in [1.54, 1.807) is 27.9 Å². The second-order valence-electron chi connectivity index (χ2n) is 17.6. The number of carbonyl (C=O) groups is 8. The number of carbonyl (C=O) groups excluding carboxylic acids is 5. The zero-order chi connectivity index (χ0) is 56.7. The Bertz CT molecular complexity index is 1380. The highest BCUT2D eigenvalue weighted by atomic mass is 16.4. The van der Waals surface area contributed by atoms with E-state index in [1.807, 2.05) is 41.5 Å². The minimum atomic E-state index is -1.17. The molecule has 73 heavy (non-hydrogen) atoms. The van der Waals surface area contributed by atoms with Crippen molar-refractivity contribution in [1.82, 2.24) is 37.1 Å². The van der Waals surface area contributed by atoms with Gasteiger partial charge in [-0.05, 0) is 91.1 Å². The fourth-order valence-electron chi connectivity index (χ4n) is 6.98. The lowest BCUT2D eigenvalue weighted by Crippen LogP contribution is -2.44. The van der Waals surface area contributed by atoms with Gasteiger partial charge < -0.3 is 57.2 Å². The monoisotopic (exact) mass is 1040 g/mol. The molecule has 0 aromatic carbocycles. The lowest BCUT2D eigenvalue weighted by molar-refractivity contribution is -0.142. The van der Waals surface area contributed by atoms with Crippen LogP contribution in [0.2, 0.25) is 0 Å². The van der Waals surface area contributed by atoms with E-state index >= 15 is 0 Å². The summed E-state index contributed by atoms with van der Waals surface area (Å²) in [6.07, 6.45) is 21.1. The fraction of sp³-hybridized carbons (Fsp3) is 0.849. The fourth-order valence-corrected chi connectivity index (χ4v) is 6.98. The normalized spacial score (nSPS) is 11.9. The SMILES string of the molecule is CC.CC.CC.[B]C(=O)C(C)C.[B]NC(CCCCNC(=O)C(CCCCNC(=O)[C@H](CCCCNC(=O)CCC(NC(=O)CCCCCCCCCCCCCCCCC(=O)O)C(=O)O)NC)NC)C(=O)O. The van der Waals surface area contributed by atoms with Crippen LogP contribution in [0.5, 0.6) is 0 Å². The minimum Gasteiger partial charge on any atom is -0.481 e. The first kappa shape index (κ1) is 77.9. The molecule has 0 fully saturated rings. The lowest BCUT2D eigenvalue weighted by Gasteiger charge is -2.18. The highest BCUT2D eigenvalue weighted by molar-refractivity contribution is 6.58. The molecular formula is C53H105B2N7O11. The Morgan fingerprint density at radius 2 is 0.740 bits per heavy atom. The molecule has 0 aliphatic heterocycles. The summed E-state index contributed by atoms with van der Waals surface area (Å²) >= 11 is 0. The Morgan fingerprint density at radius 3 is 1.05 bits per heavy atom. The van der Waals surface area contributed by atoms with Crippen molar-refractivity contribution in [2.45, 2.75) is 253 Å². The summed E-state index contributed by atoms with van der Waals surface area (Å²) < 4.78 is 0. The van der Waals surface area contributed by atoms with Crippen LogP contribution in [0.1, 0.15) is 229 Å². The third-order valence-corrected chi connectivity index (χ3v) is 11.4. The van der Waals surface area contributed by atoms with Crippen LogP contribution in [-0.2, 0) is 38.4 Å². The van der Waals surface area contributed by atoms with Gasteiger partial charge in [0.15, 0.2) is 15.8 Å². The second kappa shape index (κ2) is 58.9. The summed E-state index contributed by atoms with van der Waals surface area (Å²) in [5.41, 5.74) is -0.241. The topological polar surface area (TPSA) is 281 Å². The first-order valence-corrected chi connectivity index (χ1v) is 27.9. The number of likely N-dealkylation sites (N-methyl/N-ethyl adjacent to an activating group) is 2. The molecule has 0 bridgehead atoms. The molecule has 0 heterocycles. The molecule has 4 atom stereocenters. The minimum absolute atomic E-state index is 0.00335. The average Bonchev–Trinajstić information content (AvgIpc) is 3.37. The van der Waals surface area contributed by atoms with Crippen molar-refractivity contribution in [2.24, 2.45) is 5.92 Å². The van der Waals surface area contributed by atoms with E-state index in [1.165, 1.54) is 44.9 Å². The van der Waals surface area contributed by atoms with E-state index in [2.05, 4.69) is 37.1 Å². The van der Waals surface area contributed by atoms with Gasteiger partial charge in [-0.2, -0.15) is 0 Å². The van der Waals surface area contributed by atoms with Crippen molar-refractivity contribution in [2.75, 3.05) is 33.7 Å². The van der Waals surface area contributed by atoms with E-state index in [4.69, 9.17) is 26.0 Å². The van der Waals surface area contributed by atoms with Crippen LogP contribution < -0.4 is 37.1 Å². The summed E-state index contributed by atoms with van der Waals surface area (Å²) in [7, 11) is 13.5. The number of amides is 4. The van der Waals surface area contributed by atoms with E-state index < -0.39 is 36.0 Å². The number of hydrogen-bond acceptors (Lipinski definition) is 11. The van der Waals surface area contributed by atoms with E-state index in [9.17, 15) is 43.5 Å². The van der Waals surface area contributed by atoms with Crippen molar-refractivity contribution in [3.63, 3.8) is 0 Å². The molecule has 4 radical (unpaired) electrons. The molecule has 0 aliphatic rings. The van der Waals surface area contributed by atoms with Crippen LogP contribution in [0.25, 0.3) is 0 Å². The van der Waals surface area contributed by atoms with Crippen LogP contribution in [0.15, 0.2) is 0 Å². The molecule has 424 valence electrons. The Labute approximate surface area is 445 Å². The van der Waals surface area contributed by atoms with Crippen molar-refractivity contribution in [3.8, 4) is 0 Å². The molecule has 0 saturated heterocycles.